The normalized spacial score (nSPS) is 24.9. The molecule has 1 atom stereocenters. The van der Waals surface area contributed by atoms with Crippen LogP contribution in [0.1, 0.15) is 53.6 Å². The van der Waals surface area contributed by atoms with Crippen LogP contribution in [-0.2, 0) is 22.6 Å². The molecule has 2 fully saturated rings. The summed E-state index contributed by atoms with van der Waals surface area (Å²) >= 11 is 0. The highest BCUT2D eigenvalue weighted by molar-refractivity contribution is 6.05. The van der Waals surface area contributed by atoms with Gasteiger partial charge < -0.3 is 19.6 Å². The summed E-state index contributed by atoms with van der Waals surface area (Å²) in [5, 5.41) is 11.5. The average Bonchev–Trinajstić information content (AvgIpc) is 3.05. The molecule has 0 saturated carbocycles. The zero-order valence-electron chi connectivity index (χ0n) is 16.5. The average molecular weight is 413 g/mol. The van der Waals surface area contributed by atoms with Gasteiger partial charge in [0.25, 0.3) is 5.91 Å². The third-order valence-corrected chi connectivity index (χ3v) is 6.86. The SMILES string of the molecule is O=C1CCC(N2Cc3c(ccc4c3OC3(CC4)CCN(C(=O)O)CC3)C2=O)C(=O)N1. The number of imide groups is 1. The van der Waals surface area contributed by atoms with Gasteiger partial charge in [0.1, 0.15) is 17.4 Å². The van der Waals surface area contributed by atoms with Gasteiger partial charge in [0.15, 0.2) is 0 Å². The third-order valence-electron chi connectivity index (χ3n) is 6.86. The van der Waals surface area contributed by atoms with Gasteiger partial charge >= 0.3 is 6.09 Å². The molecule has 4 aliphatic rings. The number of hydrogen-bond donors (Lipinski definition) is 2. The molecule has 1 unspecified atom stereocenters. The fourth-order valence-corrected chi connectivity index (χ4v) is 5.07. The number of nitrogens with zero attached hydrogens (tertiary/aromatic N) is 2. The number of aryl methyl sites for hydroxylation is 1. The van der Waals surface area contributed by atoms with Crippen LogP contribution in [0.5, 0.6) is 5.75 Å². The van der Waals surface area contributed by atoms with E-state index in [2.05, 4.69) is 5.32 Å². The second kappa shape index (κ2) is 6.72. The molecular weight excluding hydrogens is 390 g/mol. The monoisotopic (exact) mass is 413 g/mol. The van der Waals surface area contributed by atoms with Crippen LogP contribution < -0.4 is 10.1 Å². The van der Waals surface area contributed by atoms with Crippen LogP contribution in [0, 0.1) is 0 Å². The highest BCUT2D eigenvalue weighted by atomic mass is 16.5. The standard InChI is InChI=1S/C21H23N3O6/c25-16-4-3-15(18(26)22-16)24-11-14-13(19(24)27)2-1-12-5-6-21(30-17(12)14)7-9-23(10-8-21)20(28)29/h1-2,15H,3-11H2,(H,28,29)(H,22,25,26). The van der Waals surface area contributed by atoms with E-state index in [4.69, 9.17) is 4.74 Å². The number of fused-ring (bicyclic) bond motifs is 3. The minimum atomic E-state index is -0.910. The van der Waals surface area contributed by atoms with Crippen LogP contribution in [0.15, 0.2) is 12.1 Å². The molecule has 5 rings (SSSR count). The van der Waals surface area contributed by atoms with E-state index in [-0.39, 0.29) is 24.8 Å². The lowest BCUT2D eigenvalue weighted by Gasteiger charge is -2.44. The largest absolute Gasteiger partial charge is 0.486 e. The van der Waals surface area contributed by atoms with Gasteiger partial charge in [-0.15, -0.1) is 0 Å². The van der Waals surface area contributed by atoms with E-state index in [1.807, 2.05) is 6.07 Å². The Morgan fingerprint density at radius 3 is 2.60 bits per heavy atom. The van der Waals surface area contributed by atoms with E-state index in [0.29, 0.717) is 43.7 Å². The summed E-state index contributed by atoms with van der Waals surface area (Å²) in [6, 6.07) is 3.06. The molecule has 4 aliphatic heterocycles. The van der Waals surface area contributed by atoms with Crippen molar-refractivity contribution in [2.75, 3.05) is 13.1 Å². The molecule has 0 aromatic heterocycles. The predicted molar refractivity (Wildman–Crippen MR) is 103 cm³/mol. The van der Waals surface area contributed by atoms with E-state index in [1.165, 1.54) is 9.80 Å². The maximum atomic E-state index is 13.0. The summed E-state index contributed by atoms with van der Waals surface area (Å²) in [4.78, 5) is 51.0. The van der Waals surface area contributed by atoms with Crippen molar-refractivity contribution in [1.29, 1.82) is 0 Å². The van der Waals surface area contributed by atoms with Gasteiger partial charge in [-0.2, -0.15) is 0 Å². The Morgan fingerprint density at radius 1 is 1.13 bits per heavy atom. The molecule has 2 saturated heterocycles. The molecule has 1 aromatic carbocycles. The van der Waals surface area contributed by atoms with Gasteiger partial charge in [-0.1, -0.05) is 6.07 Å². The molecule has 1 aromatic rings. The summed E-state index contributed by atoms with van der Waals surface area (Å²) in [7, 11) is 0. The topological polar surface area (TPSA) is 116 Å². The van der Waals surface area contributed by atoms with Crippen LogP contribution in [-0.4, -0.2) is 63.5 Å². The number of carbonyl (C=O) groups is 4. The van der Waals surface area contributed by atoms with Crippen molar-refractivity contribution in [3.8, 4) is 5.75 Å². The lowest BCUT2D eigenvalue weighted by atomic mass is 9.82. The molecular formula is C21H23N3O6. The maximum absolute atomic E-state index is 13.0. The second-order valence-corrected chi connectivity index (χ2v) is 8.53. The number of piperidine rings is 2. The van der Waals surface area contributed by atoms with Gasteiger partial charge in [-0.25, -0.2) is 4.79 Å². The summed E-state index contributed by atoms with van der Waals surface area (Å²) in [6.07, 6.45) is 2.49. The number of benzene rings is 1. The number of rotatable bonds is 1. The first-order valence-electron chi connectivity index (χ1n) is 10.3. The van der Waals surface area contributed by atoms with E-state index in [0.717, 1.165) is 24.0 Å². The highest BCUT2D eigenvalue weighted by Crippen LogP contribution is 2.44. The number of carboxylic acid groups (broad SMARTS) is 1. The number of carbonyl (C=O) groups excluding carboxylic acids is 3. The van der Waals surface area contributed by atoms with E-state index in [1.54, 1.807) is 6.07 Å². The quantitative estimate of drug-likeness (QED) is 0.670. The predicted octanol–water partition coefficient (Wildman–Crippen LogP) is 1.29. The molecule has 1 spiro atoms. The molecule has 4 heterocycles. The molecule has 2 N–H and O–H groups in total. The summed E-state index contributed by atoms with van der Waals surface area (Å²) < 4.78 is 6.51. The molecule has 0 aliphatic carbocycles. The van der Waals surface area contributed by atoms with Gasteiger partial charge in [-0.3, -0.25) is 19.7 Å². The zero-order valence-corrected chi connectivity index (χ0v) is 16.5. The minimum absolute atomic E-state index is 0.216. The summed E-state index contributed by atoms with van der Waals surface area (Å²) in [6.45, 7) is 1.14. The maximum Gasteiger partial charge on any atom is 0.407 e. The molecule has 9 heteroatoms. The number of amides is 4. The van der Waals surface area contributed by atoms with Crippen LogP contribution in [0.2, 0.25) is 0 Å². The number of hydrogen-bond acceptors (Lipinski definition) is 5. The Labute approximate surface area is 173 Å². The van der Waals surface area contributed by atoms with Gasteiger partial charge in [-0.05, 0) is 30.9 Å². The van der Waals surface area contributed by atoms with Crippen molar-refractivity contribution in [2.24, 2.45) is 0 Å². The number of ether oxygens (including phenoxy) is 1. The van der Waals surface area contributed by atoms with Crippen LogP contribution in [0.3, 0.4) is 0 Å². The smallest absolute Gasteiger partial charge is 0.407 e. The van der Waals surface area contributed by atoms with E-state index < -0.39 is 23.6 Å². The van der Waals surface area contributed by atoms with Crippen LogP contribution >= 0.6 is 0 Å². The van der Waals surface area contributed by atoms with Crippen molar-refractivity contribution in [3.63, 3.8) is 0 Å². The highest BCUT2D eigenvalue weighted by Gasteiger charge is 2.45. The molecule has 9 nitrogen and oxygen atoms in total. The molecule has 4 amide bonds. The van der Waals surface area contributed by atoms with Crippen LogP contribution in [0.25, 0.3) is 0 Å². The van der Waals surface area contributed by atoms with Crippen molar-refractivity contribution < 1.29 is 29.0 Å². The van der Waals surface area contributed by atoms with E-state index >= 15 is 0 Å². The van der Waals surface area contributed by atoms with Gasteiger partial charge in [0, 0.05) is 43.5 Å². The fourth-order valence-electron chi connectivity index (χ4n) is 5.07. The molecule has 158 valence electrons. The Kier molecular flexibility index (Phi) is 4.23. The summed E-state index contributed by atoms with van der Waals surface area (Å²) in [5.41, 5.74) is 1.96. The minimum Gasteiger partial charge on any atom is -0.486 e. The van der Waals surface area contributed by atoms with Crippen molar-refractivity contribution in [1.82, 2.24) is 15.1 Å². The Hall–Kier alpha value is -3.10. The number of nitrogens with one attached hydrogen (secondary N) is 1. The first-order valence-corrected chi connectivity index (χ1v) is 10.3. The molecule has 30 heavy (non-hydrogen) atoms. The zero-order chi connectivity index (χ0) is 21.0. The van der Waals surface area contributed by atoms with Crippen molar-refractivity contribution in [3.05, 3.63) is 28.8 Å². The molecule has 0 bridgehead atoms. The van der Waals surface area contributed by atoms with Crippen LogP contribution in [0.4, 0.5) is 4.79 Å². The third kappa shape index (κ3) is 2.91. The first kappa shape index (κ1) is 18.9. The van der Waals surface area contributed by atoms with E-state index in [9.17, 15) is 24.3 Å². The van der Waals surface area contributed by atoms with Gasteiger partial charge in [0.2, 0.25) is 11.8 Å². The fraction of sp³-hybridized carbons (Fsp3) is 0.524. The second-order valence-electron chi connectivity index (χ2n) is 8.53. The Morgan fingerprint density at radius 2 is 1.90 bits per heavy atom. The number of likely N-dealkylation sites (tertiary alicyclic amines) is 1. The van der Waals surface area contributed by atoms with Crippen molar-refractivity contribution in [2.45, 2.75) is 56.7 Å². The lowest BCUT2D eigenvalue weighted by molar-refractivity contribution is -0.136. The lowest BCUT2D eigenvalue weighted by Crippen LogP contribution is -2.52. The van der Waals surface area contributed by atoms with Gasteiger partial charge in [0.05, 0.1) is 6.54 Å². The first-order chi connectivity index (χ1) is 14.4. The Balaban J connectivity index is 1.41. The van der Waals surface area contributed by atoms with Crippen molar-refractivity contribution >= 4 is 23.8 Å². The summed E-state index contributed by atoms with van der Waals surface area (Å²) in [5.74, 6) is -0.243. The molecule has 0 radical (unpaired) electrons. The Bertz CT molecular complexity index is 966.